The molecule has 2 N–H and O–H groups in total. The van der Waals surface area contributed by atoms with Gasteiger partial charge in [0.15, 0.2) is 11.5 Å². The van der Waals surface area contributed by atoms with Gasteiger partial charge in [-0.05, 0) is 37.1 Å². The van der Waals surface area contributed by atoms with Crippen LogP contribution in [0.15, 0.2) is 12.1 Å². The van der Waals surface area contributed by atoms with Crippen molar-refractivity contribution in [1.29, 1.82) is 0 Å². The first kappa shape index (κ1) is 12.0. The molecule has 6 heteroatoms. The lowest BCUT2D eigenvalue weighted by molar-refractivity contribution is -0.138. The van der Waals surface area contributed by atoms with Crippen molar-refractivity contribution in [3.05, 3.63) is 23.3 Å². The lowest BCUT2D eigenvalue weighted by Gasteiger charge is -2.13. The predicted molar refractivity (Wildman–Crippen MR) is 54.9 cm³/mol. The van der Waals surface area contributed by atoms with Crippen LogP contribution in [-0.2, 0) is 12.6 Å². The van der Waals surface area contributed by atoms with Gasteiger partial charge >= 0.3 is 6.18 Å². The third-order valence-corrected chi connectivity index (χ3v) is 2.55. The van der Waals surface area contributed by atoms with Crippen molar-refractivity contribution in [2.75, 3.05) is 13.3 Å². The number of aryl methyl sites for hydroxylation is 1. The summed E-state index contributed by atoms with van der Waals surface area (Å²) in [6, 6.07) is 2.38. The largest absolute Gasteiger partial charge is 0.454 e. The Balaban J connectivity index is 2.40. The topological polar surface area (TPSA) is 44.5 Å². The van der Waals surface area contributed by atoms with Crippen molar-refractivity contribution in [1.82, 2.24) is 0 Å². The highest BCUT2D eigenvalue weighted by Gasteiger charge is 2.35. The molecule has 0 fully saturated rings. The molecule has 1 aliphatic heterocycles. The molecule has 0 aliphatic carbocycles. The van der Waals surface area contributed by atoms with Gasteiger partial charge in [-0.1, -0.05) is 0 Å². The number of ether oxygens (including phenoxy) is 2. The zero-order valence-corrected chi connectivity index (χ0v) is 9.01. The van der Waals surface area contributed by atoms with Gasteiger partial charge in [-0.15, -0.1) is 0 Å². The molecule has 1 aliphatic rings. The Labute approximate surface area is 96.3 Å². The van der Waals surface area contributed by atoms with E-state index in [4.69, 9.17) is 15.2 Å². The molecular formula is C11H12F3NO2. The average Bonchev–Trinajstić information content (AvgIpc) is 2.70. The third-order valence-electron chi connectivity index (χ3n) is 2.55. The van der Waals surface area contributed by atoms with E-state index in [-0.39, 0.29) is 24.5 Å². The quantitative estimate of drug-likeness (QED) is 0.891. The number of rotatable bonds is 3. The zero-order valence-electron chi connectivity index (χ0n) is 9.01. The van der Waals surface area contributed by atoms with Gasteiger partial charge in [0.2, 0.25) is 6.79 Å². The highest BCUT2D eigenvalue weighted by molar-refractivity contribution is 5.49. The zero-order chi connectivity index (χ0) is 12.5. The molecule has 0 bridgehead atoms. The highest BCUT2D eigenvalue weighted by Crippen LogP contribution is 2.41. The molecule has 1 aromatic carbocycles. The van der Waals surface area contributed by atoms with E-state index >= 15 is 0 Å². The van der Waals surface area contributed by atoms with E-state index in [9.17, 15) is 13.2 Å². The minimum atomic E-state index is -4.38. The predicted octanol–water partition coefficient (Wildman–Crippen LogP) is 2.33. The molecule has 94 valence electrons. The van der Waals surface area contributed by atoms with Gasteiger partial charge < -0.3 is 15.2 Å². The number of hydrogen-bond acceptors (Lipinski definition) is 3. The summed E-state index contributed by atoms with van der Waals surface area (Å²) in [5.41, 5.74) is 4.84. The Hall–Kier alpha value is -1.43. The standard InChI is InChI=1S/C11H12F3NO2/c12-11(13,14)8-5-10-9(16-6-17-10)4-7(8)2-1-3-15/h4-5H,1-3,6,15H2. The fraction of sp³-hybridized carbons (Fsp3) is 0.455. The molecule has 0 aromatic heterocycles. The summed E-state index contributed by atoms with van der Waals surface area (Å²) in [6.45, 7) is 0.318. The summed E-state index contributed by atoms with van der Waals surface area (Å²) in [7, 11) is 0. The lowest BCUT2D eigenvalue weighted by atomic mass is 10.0. The average molecular weight is 247 g/mol. The molecule has 3 nitrogen and oxygen atoms in total. The fourth-order valence-corrected chi connectivity index (χ4v) is 1.75. The van der Waals surface area contributed by atoms with Crippen molar-refractivity contribution >= 4 is 0 Å². The molecule has 1 aromatic rings. The summed E-state index contributed by atoms with van der Waals surface area (Å²) in [5.74, 6) is 0.513. The molecule has 0 atom stereocenters. The lowest BCUT2D eigenvalue weighted by Crippen LogP contribution is -2.10. The Morgan fingerprint density at radius 2 is 1.82 bits per heavy atom. The third kappa shape index (κ3) is 2.46. The van der Waals surface area contributed by atoms with Gasteiger partial charge in [-0.2, -0.15) is 13.2 Å². The second-order valence-electron chi connectivity index (χ2n) is 3.75. The minimum Gasteiger partial charge on any atom is -0.454 e. The van der Waals surface area contributed by atoms with E-state index in [2.05, 4.69) is 0 Å². The molecule has 0 saturated carbocycles. The maximum absolute atomic E-state index is 12.8. The van der Waals surface area contributed by atoms with E-state index in [1.165, 1.54) is 6.07 Å². The van der Waals surface area contributed by atoms with Crippen LogP contribution in [-0.4, -0.2) is 13.3 Å². The number of fused-ring (bicyclic) bond motifs is 1. The summed E-state index contributed by atoms with van der Waals surface area (Å²) in [4.78, 5) is 0. The normalized spacial score (nSPS) is 14.1. The molecule has 0 saturated heterocycles. The summed E-state index contributed by atoms with van der Waals surface area (Å²) < 4.78 is 48.5. The van der Waals surface area contributed by atoms with E-state index in [0.29, 0.717) is 18.7 Å². The second kappa shape index (κ2) is 4.44. The Kier molecular flexibility index (Phi) is 3.15. The number of halogens is 3. The van der Waals surface area contributed by atoms with E-state index in [0.717, 1.165) is 6.07 Å². The monoisotopic (exact) mass is 247 g/mol. The molecule has 2 rings (SSSR count). The van der Waals surface area contributed by atoms with Crippen LogP contribution in [0.4, 0.5) is 13.2 Å². The van der Waals surface area contributed by atoms with Crippen LogP contribution < -0.4 is 15.2 Å². The molecule has 0 spiro atoms. The number of nitrogens with two attached hydrogens (primary N) is 1. The summed E-state index contributed by atoms with van der Waals surface area (Å²) in [5, 5.41) is 0. The van der Waals surface area contributed by atoms with Crippen LogP contribution in [0.1, 0.15) is 17.5 Å². The van der Waals surface area contributed by atoms with Gasteiger partial charge in [0, 0.05) is 0 Å². The van der Waals surface area contributed by atoms with Gasteiger partial charge in [-0.3, -0.25) is 0 Å². The van der Waals surface area contributed by atoms with E-state index in [1.807, 2.05) is 0 Å². The molecule has 1 heterocycles. The first-order valence-electron chi connectivity index (χ1n) is 5.22. The van der Waals surface area contributed by atoms with Crippen molar-refractivity contribution < 1.29 is 22.6 Å². The van der Waals surface area contributed by atoms with Gasteiger partial charge in [0.1, 0.15) is 0 Å². The van der Waals surface area contributed by atoms with Crippen LogP contribution in [0.25, 0.3) is 0 Å². The van der Waals surface area contributed by atoms with E-state index in [1.54, 1.807) is 0 Å². The highest BCUT2D eigenvalue weighted by atomic mass is 19.4. The number of hydrogen-bond donors (Lipinski definition) is 1. The number of benzene rings is 1. The second-order valence-corrected chi connectivity index (χ2v) is 3.75. The van der Waals surface area contributed by atoms with Crippen LogP contribution in [0.2, 0.25) is 0 Å². The molecule has 0 radical (unpaired) electrons. The van der Waals surface area contributed by atoms with Gasteiger partial charge in [-0.25, -0.2) is 0 Å². The van der Waals surface area contributed by atoms with Crippen LogP contribution in [0.3, 0.4) is 0 Å². The molecule has 17 heavy (non-hydrogen) atoms. The first-order chi connectivity index (χ1) is 8.02. The van der Waals surface area contributed by atoms with Crippen molar-refractivity contribution in [3.63, 3.8) is 0 Å². The maximum atomic E-state index is 12.8. The SMILES string of the molecule is NCCCc1cc2c(cc1C(F)(F)F)OCO2. The Morgan fingerprint density at radius 1 is 1.18 bits per heavy atom. The van der Waals surface area contributed by atoms with Crippen molar-refractivity contribution in [3.8, 4) is 11.5 Å². The van der Waals surface area contributed by atoms with Crippen LogP contribution in [0.5, 0.6) is 11.5 Å². The maximum Gasteiger partial charge on any atom is 0.416 e. The van der Waals surface area contributed by atoms with Gasteiger partial charge in [0.25, 0.3) is 0 Å². The Morgan fingerprint density at radius 3 is 2.41 bits per heavy atom. The molecular weight excluding hydrogens is 235 g/mol. The Bertz CT molecular complexity index is 418. The fourth-order valence-electron chi connectivity index (χ4n) is 1.75. The summed E-state index contributed by atoms with van der Waals surface area (Å²) in [6.07, 6.45) is -3.60. The minimum absolute atomic E-state index is 0.0347. The van der Waals surface area contributed by atoms with Crippen molar-refractivity contribution in [2.24, 2.45) is 5.73 Å². The van der Waals surface area contributed by atoms with Gasteiger partial charge in [0.05, 0.1) is 5.56 Å². The van der Waals surface area contributed by atoms with Crippen molar-refractivity contribution in [2.45, 2.75) is 19.0 Å². The molecule has 0 unspecified atom stereocenters. The number of alkyl halides is 3. The van der Waals surface area contributed by atoms with Crippen LogP contribution >= 0.6 is 0 Å². The molecule has 0 amide bonds. The van der Waals surface area contributed by atoms with Crippen LogP contribution in [0, 0.1) is 0 Å². The summed E-state index contributed by atoms with van der Waals surface area (Å²) >= 11 is 0. The first-order valence-corrected chi connectivity index (χ1v) is 5.22. The van der Waals surface area contributed by atoms with E-state index < -0.39 is 11.7 Å². The smallest absolute Gasteiger partial charge is 0.416 e.